The van der Waals surface area contributed by atoms with Crippen LogP contribution in [0.2, 0.25) is 0 Å². The van der Waals surface area contributed by atoms with Crippen molar-refractivity contribution < 1.29 is 9.47 Å². The van der Waals surface area contributed by atoms with Crippen LogP contribution in [0.5, 0.6) is 11.5 Å². The van der Waals surface area contributed by atoms with Crippen molar-refractivity contribution in [3.05, 3.63) is 23.3 Å². The van der Waals surface area contributed by atoms with Crippen molar-refractivity contribution in [2.24, 2.45) is 11.1 Å². The summed E-state index contributed by atoms with van der Waals surface area (Å²) in [5.74, 6) is 1.86. The largest absolute Gasteiger partial charge is 0.489 e. The molecule has 4 rings (SSSR count). The highest BCUT2D eigenvalue weighted by Gasteiger charge is 2.46. The highest BCUT2D eigenvalue weighted by Crippen LogP contribution is 2.50. The van der Waals surface area contributed by atoms with Crippen LogP contribution in [0.4, 0.5) is 0 Å². The second-order valence-electron chi connectivity index (χ2n) is 7.74. The van der Waals surface area contributed by atoms with Gasteiger partial charge in [-0.2, -0.15) is 0 Å². The standard InChI is InChI=1S/C19H27NO2/c1-14-9-16-17(22-13-18(7-8-18)12-21-16)10-15(14)19(11-20)5-3-2-4-6-19/h9-10H,2-8,11-13,20H2,1H3. The molecule has 2 aliphatic carbocycles. The summed E-state index contributed by atoms with van der Waals surface area (Å²) in [7, 11) is 0. The smallest absolute Gasteiger partial charge is 0.161 e. The fourth-order valence-electron chi connectivity index (χ4n) is 4.24. The Morgan fingerprint density at radius 3 is 2.18 bits per heavy atom. The van der Waals surface area contributed by atoms with Gasteiger partial charge in [0.25, 0.3) is 0 Å². The number of hydrogen-bond acceptors (Lipinski definition) is 3. The van der Waals surface area contributed by atoms with Crippen LogP contribution in [0.25, 0.3) is 0 Å². The van der Waals surface area contributed by atoms with Gasteiger partial charge in [-0.3, -0.25) is 0 Å². The van der Waals surface area contributed by atoms with Crippen molar-refractivity contribution in [3.63, 3.8) is 0 Å². The van der Waals surface area contributed by atoms with Crippen LogP contribution in [0.15, 0.2) is 12.1 Å². The number of rotatable bonds is 2. The van der Waals surface area contributed by atoms with Crippen LogP contribution in [-0.4, -0.2) is 19.8 Å². The summed E-state index contributed by atoms with van der Waals surface area (Å²) in [6, 6.07) is 4.42. The van der Waals surface area contributed by atoms with Gasteiger partial charge in [-0.1, -0.05) is 19.3 Å². The lowest BCUT2D eigenvalue weighted by Gasteiger charge is -2.38. The van der Waals surface area contributed by atoms with Gasteiger partial charge in [0.15, 0.2) is 11.5 Å². The molecule has 0 unspecified atom stereocenters. The number of benzene rings is 1. The third-order valence-corrected chi connectivity index (χ3v) is 6.09. The van der Waals surface area contributed by atoms with E-state index in [9.17, 15) is 0 Å². The van der Waals surface area contributed by atoms with E-state index in [-0.39, 0.29) is 5.41 Å². The molecule has 3 nitrogen and oxygen atoms in total. The van der Waals surface area contributed by atoms with Crippen LogP contribution in [-0.2, 0) is 5.41 Å². The number of hydrogen-bond donors (Lipinski definition) is 1. The molecule has 3 heteroatoms. The minimum atomic E-state index is 0.143. The highest BCUT2D eigenvalue weighted by atomic mass is 16.5. The van der Waals surface area contributed by atoms with E-state index in [1.54, 1.807) is 0 Å². The third kappa shape index (κ3) is 2.30. The van der Waals surface area contributed by atoms with Crippen LogP contribution < -0.4 is 15.2 Å². The van der Waals surface area contributed by atoms with Gasteiger partial charge < -0.3 is 15.2 Å². The van der Waals surface area contributed by atoms with E-state index < -0.39 is 0 Å². The lowest BCUT2D eigenvalue weighted by atomic mass is 9.68. The van der Waals surface area contributed by atoms with Gasteiger partial charge in [0.1, 0.15) is 0 Å². The maximum absolute atomic E-state index is 6.23. The molecule has 120 valence electrons. The van der Waals surface area contributed by atoms with Gasteiger partial charge in [0, 0.05) is 17.4 Å². The molecule has 22 heavy (non-hydrogen) atoms. The monoisotopic (exact) mass is 301 g/mol. The van der Waals surface area contributed by atoms with Crippen LogP contribution in [0, 0.1) is 12.3 Å². The molecule has 1 aromatic rings. The van der Waals surface area contributed by atoms with E-state index in [4.69, 9.17) is 15.2 Å². The summed E-state index contributed by atoms with van der Waals surface area (Å²) in [5, 5.41) is 0. The Morgan fingerprint density at radius 2 is 1.59 bits per heavy atom. The van der Waals surface area contributed by atoms with Crippen molar-refractivity contribution in [2.45, 2.75) is 57.3 Å². The quantitative estimate of drug-likeness (QED) is 0.905. The summed E-state index contributed by atoms with van der Waals surface area (Å²) in [6.45, 7) is 4.54. The molecule has 2 fully saturated rings. The van der Waals surface area contributed by atoms with E-state index in [0.717, 1.165) is 31.3 Å². The maximum atomic E-state index is 6.23. The predicted molar refractivity (Wildman–Crippen MR) is 87.7 cm³/mol. The fraction of sp³-hybridized carbons (Fsp3) is 0.684. The van der Waals surface area contributed by atoms with E-state index >= 15 is 0 Å². The molecule has 0 bridgehead atoms. The highest BCUT2D eigenvalue weighted by molar-refractivity contribution is 5.50. The van der Waals surface area contributed by atoms with E-state index in [2.05, 4.69) is 19.1 Å². The fourth-order valence-corrected chi connectivity index (χ4v) is 4.24. The van der Waals surface area contributed by atoms with Gasteiger partial charge in [-0.25, -0.2) is 0 Å². The topological polar surface area (TPSA) is 44.5 Å². The lowest BCUT2D eigenvalue weighted by Crippen LogP contribution is -2.37. The first-order valence-electron chi connectivity index (χ1n) is 8.77. The van der Waals surface area contributed by atoms with Crippen molar-refractivity contribution in [1.82, 2.24) is 0 Å². The van der Waals surface area contributed by atoms with Crippen molar-refractivity contribution in [3.8, 4) is 11.5 Å². The Balaban J connectivity index is 1.70. The number of nitrogens with two attached hydrogens (primary N) is 1. The molecule has 1 heterocycles. The Bertz CT molecular complexity index is 571. The van der Waals surface area contributed by atoms with Crippen molar-refractivity contribution in [1.29, 1.82) is 0 Å². The summed E-state index contributed by atoms with van der Waals surface area (Å²) < 4.78 is 12.2. The number of ether oxygens (including phenoxy) is 2. The third-order valence-electron chi connectivity index (χ3n) is 6.09. The van der Waals surface area contributed by atoms with E-state index in [0.29, 0.717) is 5.41 Å². The first kappa shape index (κ1) is 14.4. The average Bonchev–Trinajstić information content (AvgIpc) is 3.35. The lowest BCUT2D eigenvalue weighted by molar-refractivity contribution is 0.197. The molecule has 0 radical (unpaired) electrons. The zero-order chi connectivity index (χ0) is 15.2. The van der Waals surface area contributed by atoms with Crippen LogP contribution in [0.3, 0.4) is 0 Å². The molecule has 1 aliphatic heterocycles. The number of fused-ring (bicyclic) bond motifs is 1. The molecule has 0 amide bonds. The Hall–Kier alpha value is -1.22. The molecular formula is C19H27NO2. The Labute approximate surface area is 133 Å². The van der Waals surface area contributed by atoms with Crippen LogP contribution in [0.1, 0.15) is 56.1 Å². The second kappa shape index (κ2) is 5.16. The van der Waals surface area contributed by atoms with Gasteiger partial charge in [-0.15, -0.1) is 0 Å². The molecule has 1 spiro atoms. The minimum Gasteiger partial charge on any atom is -0.489 e. The summed E-state index contributed by atoms with van der Waals surface area (Å²) in [5.41, 5.74) is 9.36. The molecule has 2 N–H and O–H groups in total. The molecule has 1 aromatic carbocycles. The van der Waals surface area contributed by atoms with E-state index in [1.165, 1.54) is 56.1 Å². The molecule has 0 aromatic heterocycles. The normalized spacial score (nSPS) is 24.8. The Morgan fingerprint density at radius 1 is 0.955 bits per heavy atom. The molecular weight excluding hydrogens is 274 g/mol. The van der Waals surface area contributed by atoms with E-state index in [1.807, 2.05) is 0 Å². The molecule has 0 atom stereocenters. The Kier molecular flexibility index (Phi) is 3.37. The second-order valence-corrected chi connectivity index (χ2v) is 7.74. The van der Waals surface area contributed by atoms with Crippen molar-refractivity contribution in [2.75, 3.05) is 19.8 Å². The zero-order valence-corrected chi connectivity index (χ0v) is 13.6. The van der Waals surface area contributed by atoms with Gasteiger partial charge in [-0.05, 0) is 55.9 Å². The maximum Gasteiger partial charge on any atom is 0.161 e. The predicted octanol–water partition coefficient (Wildman–Crippen LogP) is 3.71. The number of aryl methyl sites for hydroxylation is 1. The average molecular weight is 301 g/mol. The van der Waals surface area contributed by atoms with Gasteiger partial charge in [0.2, 0.25) is 0 Å². The molecule has 2 saturated carbocycles. The van der Waals surface area contributed by atoms with Gasteiger partial charge in [0.05, 0.1) is 13.2 Å². The molecule has 3 aliphatic rings. The first-order chi connectivity index (χ1) is 10.7. The SMILES string of the molecule is Cc1cc2c(cc1C1(CN)CCCCC1)OCC1(CC1)CO2. The molecule has 0 saturated heterocycles. The summed E-state index contributed by atoms with van der Waals surface area (Å²) in [4.78, 5) is 0. The van der Waals surface area contributed by atoms with Crippen molar-refractivity contribution >= 4 is 0 Å². The minimum absolute atomic E-state index is 0.143. The summed E-state index contributed by atoms with van der Waals surface area (Å²) in [6.07, 6.45) is 8.79. The van der Waals surface area contributed by atoms with Crippen LogP contribution >= 0.6 is 0 Å². The first-order valence-corrected chi connectivity index (χ1v) is 8.77. The zero-order valence-electron chi connectivity index (χ0n) is 13.6. The summed E-state index contributed by atoms with van der Waals surface area (Å²) >= 11 is 0. The van der Waals surface area contributed by atoms with Gasteiger partial charge >= 0.3 is 0 Å².